The van der Waals surface area contributed by atoms with Gasteiger partial charge in [0.15, 0.2) is 0 Å². The van der Waals surface area contributed by atoms with Crippen molar-refractivity contribution < 1.29 is 9.90 Å². The van der Waals surface area contributed by atoms with E-state index in [-0.39, 0.29) is 5.56 Å². The van der Waals surface area contributed by atoms with Gasteiger partial charge in [-0.15, -0.1) is 0 Å². The molecule has 0 radical (unpaired) electrons. The van der Waals surface area contributed by atoms with Gasteiger partial charge in [-0.3, -0.25) is 5.01 Å². The molecule has 0 bridgehead atoms. The maximum absolute atomic E-state index is 10.7. The zero-order valence-electron chi connectivity index (χ0n) is 7.48. The van der Waals surface area contributed by atoms with E-state index in [1.807, 2.05) is 0 Å². The molecule has 1 aromatic rings. The van der Waals surface area contributed by atoms with E-state index in [0.29, 0.717) is 4.36 Å². The molecule has 1 heterocycles. The average Bonchev–Trinajstić information content (AvgIpc) is 2.65. The van der Waals surface area contributed by atoms with Crippen molar-refractivity contribution in [2.75, 3.05) is 5.01 Å². The quantitative estimate of drug-likeness (QED) is 0.780. The fourth-order valence-electron chi connectivity index (χ4n) is 1.16. The second kappa shape index (κ2) is 4.14. The molecule has 6 heteroatoms. The first-order valence-corrected chi connectivity index (χ1v) is 5.28. The molecule has 2 rings (SSSR count). The predicted molar refractivity (Wildman–Crippen MR) is 60.5 cm³/mol. The number of anilines is 1. The molecule has 0 unspecified atom stereocenters. The van der Waals surface area contributed by atoms with E-state index >= 15 is 0 Å². The highest BCUT2D eigenvalue weighted by molar-refractivity contribution is 8.03. The Kier molecular flexibility index (Phi) is 2.86. The zero-order chi connectivity index (χ0) is 10.8. The number of benzene rings is 1. The van der Waals surface area contributed by atoms with Gasteiger partial charge in [0.2, 0.25) is 0 Å². The van der Waals surface area contributed by atoms with Crippen molar-refractivity contribution in [2.24, 2.45) is 0 Å². The largest absolute Gasteiger partial charge is 0.478 e. The van der Waals surface area contributed by atoms with Crippen LogP contribution in [0.5, 0.6) is 0 Å². The number of rotatable bonds is 2. The topological polar surface area (TPSA) is 52.6 Å². The number of carboxylic acids is 1. The van der Waals surface area contributed by atoms with Crippen LogP contribution >= 0.6 is 23.5 Å². The standard InChI is InChI=1S/C9H7ClN2O2S/c10-8-5-12(11-15-8)7-3-1-2-6(4-7)9(13)14/h1-5,11H,(H,13,14). The first-order valence-electron chi connectivity index (χ1n) is 4.09. The fraction of sp³-hybridized carbons (Fsp3) is 0. The van der Waals surface area contributed by atoms with Crippen molar-refractivity contribution in [1.29, 1.82) is 0 Å². The fourth-order valence-corrected chi connectivity index (χ4v) is 1.87. The molecule has 0 saturated heterocycles. The highest BCUT2D eigenvalue weighted by Gasteiger charge is 2.13. The van der Waals surface area contributed by atoms with E-state index in [4.69, 9.17) is 16.7 Å². The van der Waals surface area contributed by atoms with Crippen LogP contribution in [0.4, 0.5) is 5.69 Å². The molecular formula is C9H7ClN2O2S. The van der Waals surface area contributed by atoms with Gasteiger partial charge < -0.3 is 5.11 Å². The number of carboxylic acid groups (broad SMARTS) is 1. The molecule has 0 saturated carbocycles. The zero-order valence-corrected chi connectivity index (χ0v) is 9.05. The Morgan fingerprint density at radius 1 is 1.53 bits per heavy atom. The summed E-state index contributed by atoms with van der Waals surface area (Å²) in [4.78, 5) is 13.7. The number of hydrazine groups is 1. The Morgan fingerprint density at radius 3 is 2.93 bits per heavy atom. The number of carbonyl (C=O) groups is 1. The Hall–Kier alpha value is -1.17. The monoisotopic (exact) mass is 242 g/mol. The van der Waals surface area contributed by atoms with Gasteiger partial charge in [0.1, 0.15) is 4.36 Å². The van der Waals surface area contributed by atoms with Crippen LogP contribution in [0.2, 0.25) is 0 Å². The van der Waals surface area contributed by atoms with Crippen molar-refractivity contribution >= 4 is 35.2 Å². The summed E-state index contributed by atoms with van der Waals surface area (Å²) >= 11 is 7.03. The highest BCUT2D eigenvalue weighted by Crippen LogP contribution is 2.28. The second-order valence-electron chi connectivity index (χ2n) is 2.85. The van der Waals surface area contributed by atoms with Crippen LogP contribution in [0.1, 0.15) is 10.4 Å². The van der Waals surface area contributed by atoms with Crippen LogP contribution in [0.25, 0.3) is 0 Å². The van der Waals surface area contributed by atoms with Crippen LogP contribution in [-0.4, -0.2) is 11.1 Å². The van der Waals surface area contributed by atoms with E-state index in [1.54, 1.807) is 35.5 Å². The summed E-state index contributed by atoms with van der Waals surface area (Å²) in [7, 11) is 0. The van der Waals surface area contributed by atoms with E-state index in [9.17, 15) is 4.79 Å². The van der Waals surface area contributed by atoms with Crippen LogP contribution in [0.3, 0.4) is 0 Å². The minimum atomic E-state index is -0.946. The molecule has 0 fully saturated rings. The van der Waals surface area contributed by atoms with Crippen molar-refractivity contribution in [1.82, 2.24) is 4.83 Å². The molecule has 0 aromatic heterocycles. The average molecular weight is 243 g/mol. The highest BCUT2D eigenvalue weighted by atomic mass is 35.5. The maximum atomic E-state index is 10.7. The van der Waals surface area contributed by atoms with Gasteiger partial charge in [0.25, 0.3) is 0 Å². The summed E-state index contributed by atoms with van der Waals surface area (Å²) < 4.78 is 0.607. The predicted octanol–water partition coefficient (Wildman–Crippen LogP) is 2.40. The van der Waals surface area contributed by atoms with E-state index in [2.05, 4.69) is 4.83 Å². The normalized spacial score (nSPS) is 15.3. The number of nitrogens with zero attached hydrogens (tertiary/aromatic N) is 1. The summed E-state index contributed by atoms with van der Waals surface area (Å²) in [6.45, 7) is 0. The van der Waals surface area contributed by atoms with Crippen LogP contribution in [0.15, 0.2) is 34.8 Å². The van der Waals surface area contributed by atoms with E-state index in [1.165, 1.54) is 11.9 Å². The van der Waals surface area contributed by atoms with Crippen molar-refractivity contribution in [3.63, 3.8) is 0 Å². The lowest BCUT2D eigenvalue weighted by Crippen LogP contribution is -2.23. The molecule has 0 amide bonds. The van der Waals surface area contributed by atoms with Gasteiger partial charge in [-0.25, -0.2) is 4.79 Å². The number of aromatic carboxylic acids is 1. The minimum Gasteiger partial charge on any atom is -0.478 e. The maximum Gasteiger partial charge on any atom is 0.335 e. The Balaban J connectivity index is 2.29. The van der Waals surface area contributed by atoms with Crippen LogP contribution in [-0.2, 0) is 0 Å². The second-order valence-corrected chi connectivity index (χ2v) is 4.31. The molecule has 2 N–H and O–H groups in total. The molecular weight excluding hydrogens is 236 g/mol. The molecule has 15 heavy (non-hydrogen) atoms. The molecule has 0 atom stereocenters. The van der Waals surface area contributed by atoms with Crippen LogP contribution in [0, 0.1) is 0 Å². The third-order valence-electron chi connectivity index (χ3n) is 1.84. The van der Waals surface area contributed by atoms with Crippen LogP contribution < -0.4 is 9.84 Å². The first-order chi connectivity index (χ1) is 7.16. The smallest absolute Gasteiger partial charge is 0.335 e. The molecule has 1 aliphatic rings. The van der Waals surface area contributed by atoms with Gasteiger partial charge in [-0.2, -0.15) is 4.83 Å². The Labute approximate surface area is 95.6 Å². The van der Waals surface area contributed by atoms with E-state index < -0.39 is 5.97 Å². The number of nitrogens with one attached hydrogen (secondary N) is 1. The molecule has 0 aliphatic carbocycles. The van der Waals surface area contributed by atoms with Gasteiger partial charge in [0.05, 0.1) is 11.3 Å². The van der Waals surface area contributed by atoms with Gasteiger partial charge >= 0.3 is 5.97 Å². The summed E-state index contributed by atoms with van der Waals surface area (Å²) in [6, 6.07) is 6.60. The Morgan fingerprint density at radius 2 is 2.33 bits per heavy atom. The van der Waals surface area contributed by atoms with Gasteiger partial charge in [-0.1, -0.05) is 17.7 Å². The third kappa shape index (κ3) is 2.26. The molecule has 1 aliphatic heterocycles. The summed E-state index contributed by atoms with van der Waals surface area (Å²) in [5.74, 6) is -0.946. The van der Waals surface area contributed by atoms with Gasteiger partial charge in [0, 0.05) is 6.20 Å². The molecule has 0 spiro atoms. The summed E-state index contributed by atoms with van der Waals surface area (Å²) in [5.41, 5.74) is 0.980. The molecule has 4 nitrogen and oxygen atoms in total. The SMILES string of the molecule is O=C(O)c1cccc(N2C=C(Cl)SN2)c1. The van der Waals surface area contributed by atoms with E-state index in [0.717, 1.165) is 5.69 Å². The third-order valence-corrected chi connectivity index (χ3v) is 2.76. The lowest BCUT2D eigenvalue weighted by molar-refractivity contribution is 0.0697. The molecule has 78 valence electrons. The lowest BCUT2D eigenvalue weighted by atomic mass is 10.2. The summed E-state index contributed by atoms with van der Waals surface area (Å²) in [5, 5.41) is 10.5. The van der Waals surface area contributed by atoms with Gasteiger partial charge in [-0.05, 0) is 30.1 Å². The molecule has 1 aromatic carbocycles. The lowest BCUT2D eigenvalue weighted by Gasteiger charge is -2.14. The number of hydrogen-bond donors (Lipinski definition) is 2. The minimum absolute atomic E-state index is 0.246. The number of halogens is 1. The first kappa shape index (κ1) is 10.4. The number of hydrogen-bond acceptors (Lipinski definition) is 4. The Bertz CT molecular complexity index is 436. The summed E-state index contributed by atoms with van der Waals surface area (Å²) in [6.07, 6.45) is 1.69. The van der Waals surface area contributed by atoms with Crippen molar-refractivity contribution in [3.05, 3.63) is 40.4 Å². The van der Waals surface area contributed by atoms with Crippen molar-refractivity contribution in [3.8, 4) is 0 Å². The van der Waals surface area contributed by atoms with Crippen molar-refractivity contribution in [2.45, 2.75) is 0 Å².